The lowest BCUT2D eigenvalue weighted by molar-refractivity contribution is 0.348. The van der Waals surface area contributed by atoms with Crippen LogP contribution in [0, 0.1) is 5.92 Å². The summed E-state index contributed by atoms with van der Waals surface area (Å²) in [5.74, 6) is 2.17. The van der Waals surface area contributed by atoms with Gasteiger partial charge in [0.25, 0.3) is 0 Å². The van der Waals surface area contributed by atoms with Crippen molar-refractivity contribution >= 4 is 0 Å². The van der Waals surface area contributed by atoms with E-state index in [1.165, 1.54) is 5.56 Å². The summed E-state index contributed by atoms with van der Waals surface area (Å²) in [6, 6.07) is 6.56. The van der Waals surface area contributed by atoms with Crippen molar-refractivity contribution in [2.45, 2.75) is 39.7 Å². The predicted molar refractivity (Wildman–Crippen MR) is 80.0 cm³/mol. The Bertz CT molecular complexity index is 379. The van der Waals surface area contributed by atoms with Gasteiger partial charge in [0.2, 0.25) is 0 Å². The van der Waals surface area contributed by atoms with Gasteiger partial charge in [-0.25, -0.2) is 0 Å². The van der Waals surface area contributed by atoms with Crippen molar-refractivity contribution in [3.8, 4) is 11.5 Å². The van der Waals surface area contributed by atoms with Gasteiger partial charge in [-0.15, -0.1) is 0 Å². The van der Waals surface area contributed by atoms with Crippen LogP contribution in [0.3, 0.4) is 0 Å². The smallest absolute Gasteiger partial charge is 0.161 e. The number of hydrogen-bond acceptors (Lipinski definition) is 3. The average Bonchev–Trinajstić information content (AvgIpc) is 2.46. The fourth-order valence-electron chi connectivity index (χ4n) is 2.23. The molecule has 1 aromatic rings. The average molecular weight is 265 g/mol. The first-order valence-electron chi connectivity index (χ1n) is 7.13. The van der Waals surface area contributed by atoms with Crippen molar-refractivity contribution in [2.24, 2.45) is 5.92 Å². The van der Waals surface area contributed by atoms with Crippen LogP contribution in [0.4, 0.5) is 0 Å². The van der Waals surface area contributed by atoms with Crippen molar-refractivity contribution < 1.29 is 9.47 Å². The molecular formula is C16H27NO2. The summed E-state index contributed by atoms with van der Waals surface area (Å²) in [5.41, 5.74) is 1.26. The van der Waals surface area contributed by atoms with E-state index in [2.05, 4.69) is 38.2 Å². The molecule has 0 saturated carbocycles. The minimum Gasteiger partial charge on any atom is -0.493 e. The Kier molecular flexibility index (Phi) is 6.71. The first-order valence-corrected chi connectivity index (χ1v) is 7.13. The van der Waals surface area contributed by atoms with Crippen molar-refractivity contribution in [3.63, 3.8) is 0 Å². The Morgan fingerprint density at radius 1 is 1.11 bits per heavy atom. The minimum atomic E-state index is 0.366. The Hall–Kier alpha value is -1.22. The summed E-state index contributed by atoms with van der Waals surface area (Å²) >= 11 is 0. The molecule has 0 radical (unpaired) electrons. The van der Waals surface area contributed by atoms with Crippen LogP contribution in [-0.2, 0) is 0 Å². The van der Waals surface area contributed by atoms with Crippen LogP contribution in [0.2, 0.25) is 0 Å². The summed E-state index contributed by atoms with van der Waals surface area (Å²) in [5, 5.41) is 3.63. The fraction of sp³-hybridized carbons (Fsp3) is 0.625. The summed E-state index contributed by atoms with van der Waals surface area (Å²) in [4.78, 5) is 0. The highest BCUT2D eigenvalue weighted by Gasteiger charge is 2.18. The second-order valence-corrected chi connectivity index (χ2v) is 4.93. The maximum atomic E-state index is 5.39. The van der Waals surface area contributed by atoms with E-state index >= 15 is 0 Å². The first-order chi connectivity index (χ1) is 9.17. The summed E-state index contributed by atoms with van der Waals surface area (Å²) in [6.07, 6.45) is 2.29. The van der Waals surface area contributed by atoms with Gasteiger partial charge < -0.3 is 14.8 Å². The maximum absolute atomic E-state index is 5.39. The zero-order valence-electron chi connectivity index (χ0n) is 12.8. The van der Waals surface area contributed by atoms with E-state index < -0.39 is 0 Å². The Labute approximate surface area is 117 Å². The van der Waals surface area contributed by atoms with E-state index in [-0.39, 0.29) is 0 Å². The second kappa shape index (κ2) is 8.05. The molecule has 0 saturated heterocycles. The van der Waals surface area contributed by atoms with E-state index in [9.17, 15) is 0 Å². The largest absolute Gasteiger partial charge is 0.493 e. The van der Waals surface area contributed by atoms with Crippen LogP contribution in [0.15, 0.2) is 18.2 Å². The van der Waals surface area contributed by atoms with Gasteiger partial charge in [0, 0.05) is 6.04 Å². The monoisotopic (exact) mass is 265 g/mol. The first kappa shape index (κ1) is 15.8. The number of ether oxygens (including phenoxy) is 2. The van der Waals surface area contributed by atoms with Crippen molar-refractivity contribution in [2.75, 3.05) is 20.8 Å². The molecule has 1 aromatic carbocycles. The lowest BCUT2D eigenvalue weighted by Gasteiger charge is -2.25. The topological polar surface area (TPSA) is 30.5 Å². The van der Waals surface area contributed by atoms with Gasteiger partial charge in [-0.05, 0) is 36.6 Å². The van der Waals surface area contributed by atoms with Crippen LogP contribution < -0.4 is 14.8 Å². The summed E-state index contributed by atoms with van der Waals surface area (Å²) in [7, 11) is 3.35. The Morgan fingerprint density at radius 3 is 2.32 bits per heavy atom. The fourth-order valence-corrected chi connectivity index (χ4v) is 2.23. The van der Waals surface area contributed by atoms with E-state index in [0.29, 0.717) is 12.0 Å². The third kappa shape index (κ3) is 4.13. The molecule has 0 aliphatic heterocycles. The van der Waals surface area contributed by atoms with Crippen molar-refractivity contribution in [1.29, 1.82) is 0 Å². The number of methoxy groups -OCH3 is 2. The highest BCUT2D eigenvalue weighted by Crippen LogP contribution is 2.33. The molecule has 0 spiro atoms. The quantitative estimate of drug-likeness (QED) is 0.775. The van der Waals surface area contributed by atoms with E-state index in [0.717, 1.165) is 30.9 Å². The molecule has 108 valence electrons. The molecule has 1 rings (SSSR count). The van der Waals surface area contributed by atoms with E-state index in [1.54, 1.807) is 14.2 Å². The molecule has 2 unspecified atom stereocenters. The van der Waals surface area contributed by atoms with Gasteiger partial charge in [-0.1, -0.05) is 33.3 Å². The molecule has 0 amide bonds. The van der Waals surface area contributed by atoms with Gasteiger partial charge in [0.15, 0.2) is 11.5 Å². The van der Waals surface area contributed by atoms with Gasteiger partial charge in [0.1, 0.15) is 0 Å². The third-order valence-corrected chi connectivity index (χ3v) is 3.59. The molecule has 0 heterocycles. The van der Waals surface area contributed by atoms with Gasteiger partial charge in [0.05, 0.1) is 14.2 Å². The second-order valence-electron chi connectivity index (χ2n) is 4.93. The molecule has 0 aliphatic rings. The lowest BCUT2D eigenvalue weighted by Crippen LogP contribution is -2.27. The highest BCUT2D eigenvalue weighted by molar-refractivity contribution is 5.43. The maximum Gasteiger partial charge on any atom is 0.161 e. The molecule has 3 nitrogen and oxygen atoms in total. The lowest BCUT2D eigenvalue weighted by atomic mass is 9.92. The molecule has 0 bridgehead atoms. The number of benzene rings is 1. The van der Waals surface area contributed by atoms with Crippen LogP contribution >= 0.6 is 0 Å². The van der Waals surface area contributed by atoms with Gasteiger partial charge in [-0.3, -0.25) is 0 Å². The zero-order valence-corrected chi connectivity index (χ0v) is 12.8. The standard InChI is InChI=1S/C16H27NO2/c1-6-10-17-16(12(3)7-2)13-8-9-14(18-4)15(11-13)19-5/h8-9,11-12,16-17H,6-7,10H2,1-5H3. The zero-order chi connectivity index (χ0) is 14.3. The van der Waals surface area contributed by atoms with Gasteiger partial charge >= 0.3 is 0 Å². The molecule has 0 aromatic heterocycles. The molecule has 2 atom stereocenters. The SMILES string of the molecule is CCCNC(c1ccc(OC)c(OC)c1)C(C)CC. The number of nitrogens with one attached hydrogen (secondary N) is 1. The van der Waals surface area contributed by atoms with Crippen molar-refractivity contribution in [1.82, 2.24) is 5.32 Å². The molecule has 0 fully saturated rings. The summed E-state index contributed by atoms with van der Waals surface area (Å²) in [6.45, 7) is 7.73. The number of rotatable bonds is 8. The highest BCUT2D eigenvalue weighted by atomic mass is 16.5. The van der Waals surface area contributed by atoms with Crippen LogP contribution in [0.5, 0.6) is 11.5 Å². The van der Waals surface area contributed by atoms with Crippen LogP contribution in [-0.4, -0.2) is 20.8 Å². The van der Waals surface area contributed by atoms with Crippen LogP contribution in [0.1, 0.15) is 45.2 Å². The molecule has 0 aliphatic carbocycles. The summed E-state index contributed by atoms with van der Waals surface area (Å²) < 4.78 is 10.7. The molecule has 3 heteroatoms. The minimum absolute atomic E-state index is 0.366. The third-order valence-electron chi connectivity index (χ3n) is 3.59. The van der Waals surface area contributed by atoms with Gasteiger partial charge in [-0.2, -0.15) is 0 Å². The van der Waals surface area contributed by atoms with Crippen LogP contribution in [0.25, 0.3) is 0 Å². The van der Waals surface area contributed by atoms with Crippen molar-refractivity contribution in [3.05, 3.63) is 23.8 Å². The van der Waals surface area contributed by atoms with E-state index in [1.807, 2.05) is 6.07 Å². The molecule has 19 heavy (non-hydrogen) atoms. The Balaban J connectivity index is 3.00. The Morgan fingerprint density at radius 2 is 1.79 bits per heavy atom. The van der Waals surface area contributed by atoms with E-state index in [4.69, 9.17) is 9.47 Å². The predicted octanol–water partition coefficient (Wildman–Crippen LogP) is 3.79. The number of hydrogen-bond donors (Lipinski definition) is 1. The molecular weight excluding hydrogens is 238 g/mol. The molecule has 1 N–H and O–H groups in total. The normalized spacial score (nSPS) is 13.9.